The molecule has 1 saturated carbocycles. The lowest BCUT2D eigenvalue weighted by Gasteiger charge is -2.26. The lowest BCUT2D eigenvalue weighted by molar-refractivity contribution is -0.139. The molecule has 1 rings (SSSR count). The highest BCUT2D eigenvalue weighted by atomic mass is 16.4. The smallest absolute Gasteiger partial charge is 0.326 e. The Hall–Kier alpha value is -1.26. The van der Waals surface area contributed by atoms with Crippen LogP contribution in [0.25, 0.3) is 0 Å². The molecule has 1 unspecified atom stereocenters. The fourth-order valence-electron chi connectivity index (χ4n) is 2.76. The van der Waals surface area contributed by atoms with Crippen molar-refractivity contribution >= 4 is 12.0 Å². The summed E-state index contributed by atoms with van der Waals surface area (Å²) in [5.74, 6) is 0.577. The lowest BCUT2D eigenvalue weighted by Crippen LogP contribution is -2.46. The van der Waals surface area contributed by atoms with E-state index in [-0.39, 0.29) is 6.03 Å². The van der Waals surface area contributed by atoms with Crippen molar-refractivity contribution in [3.8, 4) is 0 Å². The first-order valence-electron chi connectivity index (χ1n) is 7.80. The molecule has 0 aromatic heterocycles. The minimum atomic E-state index is -0.969. The molecule has 2 amide bonds. The summed E-state index contributed by atoms with van der Waals surface area (Å²) < 4.78 is 0. The number of hydrogen-bond acceptors (Lipinski definition) is 2. The van der Waals surface area contributed by atoms with Crippen molar-refractivity contribution in [3.05, 3.63) is 0 Å². The number of carboxylic acids is 1. The standard InChI is InChI=1S/C15H28N2O3/c1-3-4-13(14(18)19)17-15(20)16-10-9-12-7-5-11(2)6-8-12/h11-13H,3-10H2,1-2H3,(H,18,19)(H2,16,17,20). The van der Waals surface area contributed by atoms with E-state index < -0.39 is 12.0 Å². The fourth-order valence-corrected chi connectivity index (χ4v) is 2.76. The number of amides is 2. The molecular weight excluding hydrogens is 256 g/mol. The number of carbonyl (C=O) groups excluding carboxylic acids is 1. The quantitative estimate of drug-likeness (QED) is 0.672. The summed E-state index contributed by atoms with van der Waals surface area (Å²) in [7, 11) is 0. The van der Waals surface area contributed by atoms with Crippen LogP contribution >= 0.6 is 0 Å². The Morgan fingerprint density at radius 1 is 1.25 bits per heavy atom. The SMILES string of the molecule is CCCC(NC(=O)NCCC1CCC(C)CC1)C(=O)O. The van der Waals surface area contributed by atoms with Crippen LogP contribution in [0.5, 0.6) is 0 Å². The third kappa shape index (κ3) is 6.26. The first-order chi connectivity index (χ1) is 9.52. The van der Waals surface area contributed by atoms with Gasteiger partial charge in [-0.3, -0.25) is 0 Å². The van der Waals surface area contributed by atoms with E-state index in [1.165, 1.54) is 25.7 Å². The van der Waals surface area contributed by atoms with Crippen molar-refractivity contribution in [2.24, 2.45) is 11.8 Å². The summed E-state index contributed by atoms with van der Waals surface area (Å²) in [6, 6.07) is -1.15. The molecule has 1 fully saturated rings. The van der Waals surface area contributed by atoms with Gasteiger partial charge in [0.15, 0.2) is 0 Å². The Kier molecular flexibility index (Phi) is 7.41. The zero-order chi connectivity index (χ0) is 15.0. The maximum absolute atomic E-state index is 11.6. The molecule has 1 atom stereocenters. The Labute approximate surface area is 121 Å². The third-order valence-corrected chi connectivity index (χ3v) is 4.15. The second kappa shape index (κ2) is 8.82. The van der Waals surface area contributed by atoms with Gasteiger partial charge in [0.25, 0.3) is 0 Å². The molecule has 0 heterocycles. The van der Waals surface area contributed by atoms with E-state index in [1.54, 1.807) is 0 Å². The van der Waals surface area contributed by atoms with Crippen molar-refractivity contribution in [3.63, 3.8) is 0 Å². The molecule has 116 valence electrons. The summed E-state index contributed by atoms with van der Waals surface area (Å²) in [4.78, 5) is 22.6. The van der Waals surface area contributed by atoms with Gasteiger partial charge in [-0.25, -0.2) is 9.59 Å². The molecule has 0 aromatic carbocycles. The minimum absolute atomic E-state index is 0.366. The molecule has 0 spiro atoms. The van der Waals surface area contributed by atoms with Crippen molar-refractivity contribution in [2.75, 3.05) is 6.54 Å². The Morgan fingerprint density at radius 2 is 1.90 bits per heavy atom. The number of carboxylic acid groups (broad SMARTS) is 1. The molecule has 5 nitrogen and oxygen atoms in total. The Morgan fingerprint density at radius 3 is 2.45 bits per heavy atom. The Balaban J connectivity index is 2.17. The van der Waals surface area contributed by atoms with E-state index in [4.69, 9.17) is 5.11 Å². The summed E-state index contributed by atoms with van der Waals surface area (Å²) in [6.45, 7) is 4.82. The third-order valence-electron chi connectivity index (χ3n) is 4.15. The molecule has 0 radical (unpaired) electrons. The van der Waals surface area contributed by atoms with Crippen LogP contribution in [0, 0.1) is 11.8 Å². The molecule has 0 saturated heterocycles. The predicted molar refractivity (Wildman–Crippen MR) is 78.6 cm³/mol. The van der Waals surface area contributed by atoms with Crippen LogP contribution in [0.4, 0.5) is 4.79 Å². The first-order valence-corrected chi connectivity index (χ1v) is 7.80. The van der Waals surface area contributed by atoms with Crippen molar-refractivity contribution in [1.29, 1.82) is 0 Å². The van der Waals surface area contributed by atoms with Gasteiger partial charge in [-0.05, 0) is 24.7 Å². The van der Waals surface area contributed by atoms with Crippen LogP contribution in [-0.4, -0.2) is 29.7 Å². The molecule has 3 N–H and O–H groups in total. The van der Waals surface area contributed by atoms with E-state index in [1.807, 2.05) is 6.92 Å². The van der Waals surface area contributed by atoms with Gasteiger partial charge in [-0.1, -0.05) is 46.0 Å². The number of nitrogens with one attached hydrogen (secondary N) is 2. The largest absolute Gasteiger partial charge is 0.480 e. The average Bonchev–Trinajstić information content (AvgIpc) is 2.40. The van der Waals surface area contributed by atoms with Crippen molar-refractivity contribution < 1.29 is 14.7 Å². The van der Waals surface area contributed by atoms with Crippen molar-refractivity contribution in [2.45, 2.75) is 64.8 Å². The van der Waals surface area contributed by atoms with E-state index >= 15 is 0 Å². The van der Waals surface area contributed by atoms with Gasteiger partial charge >= 0.3 is 12.0 Å². The number of rotatable bonds is 7. The first kappa shape index (κ1) is 16.8. The van der Waals surface area contributed by atoms with Gasteiger partial charge in [0.05, 0.1) is 0 Å². The summed E-state index contributed by atoms with van der Waals surface area (Å²) >= 11 is 0. The molecule has 0 bridgehead atoms. The van der Waals surface area contributed by atoms with Gasteiger partial charge in [0, 0.05) is 6.54 Å². The van der Waals surface area contributed by atoms with E-state index in [9.17, 15) is 9.59 Å². The maximum atomic E-state index is 11.6. The molecule has 5 heteroatoms. The zero-order valence-corrected chi connectivity index (χ0v) is 12.7. The molecule has 0 aromatic rings. The maximum Gasteiger partial charge on any atom is 0.326 e. The number of carbonyl (C=O) groups is 2. The van der Waals surface area contributed by atoms with Crippen LogP contribution in [0.1, 0.15) is 58.8 Å². The topological polar surface area (TPSA) is 78.4 Å². The number of aliphatic carboxylic acids is 1. The van der Waals surface area contributed by atoms with Crippen LogP contribution in [0.15, 0.2) is 0 Å². The van der Waals surface area contributed by atoms with Gasteiger partial charge in [-0.15, -0.1) is 0 Å². The summed E-state index contributed by atoms with van der Waals surface area (Å²) in [5, 5.41) is 14.2. The monoisotopic (exact) mass is 284 g/mol. The van der Waals surface area contributed by atoms with Crippen LogP contribution < -0.4 is 10.6 Å². The molecule has 20 heavy (non-hydrogen) atoms. The minimum Gasteiger partial charge on any atom is -0.480 e. The lowest BCUT2D eigenvalue weighted by atomic mass is 9.81. The van der Waals surface area contributed by atoms with E-state index in [0.717, 1.165) is 18.8 Å². The zero-order valence-electron chi connectivity index (χ0n) is 12.7. The Bertz CT molecular complexity index is 312. The highest BCUT2D eigenvalue weighted by molar-refractivity contribution is 5.82. The fraction of sp³-hybridized carbons (Fsp3) is 0.867. The number of urea groups is 1. The summed E-state index contributed by atoms with van der Waals surface area (Å²) in [5.41, 5.74) is 0. The highest BCUT2D eigenvalue weighted by Crippen LogP contribution is 2.29. The molecule has 1 aliphatic carbocycles. The normalized spacial score (nSPS) is 23.9. The highest BCUT2D eigenvalue weighted by Gasteiger charge is 2.20. The predicted octanol–water partition coefficient (Wildman–Crippen LogP) is 2.76. The molecule has 0 aliphatic heterocycles. The van der Waals surface area contributed by atoms with Gasteiger partial charge in [-0.2, -0.15) is 0 Å². The summed E-state index contributed by atoms with van der Waals surface area (Å²) in [6.07, 6.45) is 7.26. The molecule has 1 aliphatic rings. The molecular formula is C15H28N2O3. The average molecular weight is 284 g/mol. The number of hydrogen-bond donors (Lipinski definition) is 3. The van der Waals surface area contributed by atoms with E-state index in [0.29, 0.717) is 18.9 Å². The van der Waals surface area contributed by atoms with E-state index in [2.05, 4.69) is 17.6 Å². The van der Waals surface area contributed by atoms with Gasteiger partial charge in [0.1, 0.15) is 6.04 Å². The van der Waals surface area contributed by atoms with Crippen LogP contribution in [0.3, 0.4) is 0 Å². The second-order valence-electron chi connectivity index (χ2n) is 5.99. The second-order valence-corrected chi connectivity index (χ2v) is 5.99. The van der Waals surface area contributed by atoms with Gasteiger partial charge < -0.3 is 15.7 Å². The van der Waals surface area contributed by atoms with Crippen LogP contribution in [0.2, 0.25) is 0 Å². The van der Waals surface area contributed by atoms with Crippen molar-refractivity contribution in [1.82, 2.24) is 10.6 Å². The van der Waals surface area contributed by atoms with Gasteiger partial charge in [0.2, 0.25) is 0 Å². The van der Waals surface area contributed by atoms with Crippen LogP contribution in [-0.2, 0) is 4.79 Å².